The summed E-state index contributed by atoms with van der Waals surface area (Å²) in [6.45, 7) is 2.74. The van der Waals surface area contributed by atoms with E-state index in [0.717, 1.165) is 10.2 Å². The Morgan fingerprint density at radius 1 is 1.50 bits per heavy atom. The van der Waals surface area contributed by atoms with Crippen LogP contribution in [-0.2, 0) is 9.59 Å². The van der Waals surface area contributed by atoms with Gasteiger partial charge >= 0.3 is 0 Å². The molecule has 1 heterocycles. The summed E-state index contributed by atoms with van der Waals surface area (Å²) in [5, 5.41) is 0. The Kier molecular flexibility index (Phi) is 6.84. The molecule has 0 saturated carbocycles. The number of para-hydroxylation sites is 1. The van der Waals surface area contributed by atoms with Crippen LogP contribution in [-0.4, -0.2) is 42.9 Å². The molecule has 22 heavy (non-hydrogen) atoms. The van der Waals surface area contributed by atoms with Crippen molar-refractivity contribution in [3.63, 3.8) is 0 Å². The highest BCUT2D eigenvalue weighted by atomic mass is 79.9. The number of rotatable bonds is 4. The summed E-state index contributed by atoms with van der Waals surface area (Å²) in [6, 6.07) is 7.52. The van der Waals surface area contributed by atoms with E-state index in [9.17, 15) is 9.59 Å². The SMILES string of the molecule is CC(CN)N(C)C(=O)C1CC(=O)N(c2ccccc2Br)C1.Cl. The van der Waals surface area contributed by atoms with Crippen LogP contribution in [0.2, 0.25) is 0 Å². The van der Waals surface area contributed by atoms with E-state index in [0.29, 0.717) is 13.1 Å². The third-order valence-corrected chi connectivity index (χ3v) is 4.64. The summed E-state index contributed by atoms with van der Waals surface area (Å²) in [6.07, 6.45) is 0.252. The number of hydrogen-bond acceptors (Lipinski definition) is 3. The summed E-state index contributed by atoms with van der Waals surface area (Å²) in [5.74, 6) is -0.339. The first kappa shape index (κ1) is 18.9. The molecule has 1 aliphatic rings. The number of benzene rings is 1. The van der Waals surface area contributed by atoms with Crippen LogP contribution in [0.4, 0.5) is 5.69 Å². The van der Waals surface area contributed by atoms with Gasteiger partial charge in [0.25, 0.3) is 0 Å². The van der Waals surface area contributed by atoms with Crippen LogP contribution >= 0.6 is 28.3 Å². The van der Waals surface area contributed by atoms with Crippen molar-refractivity contribution in [1.82, 2.24) is 4.90 Å². The number of nitrogens with zero attached hydrogens (tertiary/aromatic N) is 2. The maximum absolute atomic E-state index is 12.4. The highest BCUT2D eigenvalue weighted by Crippen LogP contribution is 2.31. The van der Waals surface area contributed by atoms with E-state index < -0.39 is 0 Å². The molecule has 1 aliphatic heterocycles. The Labute approximate surface area is 145 Å². The van der Waals surface area contributed by atoms with Crippen molar-refractivity contribution < 1.29 is 9.59 Å². The van der Waals surface area contributed by atoms with Gasteiger partial charge in [-0.15, -0.1) is 12.4 Å². The fourth-order valence-corrected chi connectivity index (χ4v) is 2.94. The normalized spacial score (nSPS) is 18.8. The largest absolute Gasteiger partial charge is 0.341 e. The number of carbonyl (C=O) groups is 2. The fourth-order valence-electron chi connectivity index (χ4n) is 2.44. The van der Waals surface area contributed by atoms with Gasteiger partial charge in [-0.05, 0) is 35.0 Å². The number of anilines is 1. The molecule has 2 amide bonds. The highest BCUT2D eigenvalue weighted by Gasteiger charge is 2.37. The van der Waals surface area contributed by atoms with Gasteiger partial charge in [-0.2, -0.15) is 0 Å². The van der Waals surface area contributed by atoms with Crippen molar-refractivity contribution in [3.05, 3.63) is 28.7 Å². The molecule has 0 aromatic heterocycles. The fraction of sp³-hybridized carbons (Fsp3) is 0.467. The molecular weight excluding hydrogens is 370 g/mol. The number of likely N-dealkylation sites (N-methyl/N-ethyl adjacent to an activating group) is 1. The van der Waals surface area contributed by atoms with Gasteiger partial charge in [0.15, 0.2) is 0 Å². The second-order valence-corrected chi connectivity index (χ2v) is 6.25. The zero-order valence-corrected chi connectivity index (χ0v) is 15.1. The lowest BCUT2D eigenvalue weighted by molar-refractivity contribution is -0.136. The van der Waals surface area contributed by atoms with E-state index in [2.05, 4.69) is 15.9 Å². The Hall–Kier alpha value is -1.11. The number of amides is 2. The maximum Gasteiger partial charge on any atom is 0.228 e. The third-order valence-electron chi connectivity index (χ3n) is 3.97. The molecule has 1 aromatic rings. The molecule has 5 nitrogen and oxygen atoms in total. The van der Waals surface area contributed by atoms with Crippen molar-refractivity contribution in [1.29, 1.82) is 0 Å². The molecule has 2 unspecified atom stereocenters. The lowest BCUT2D eigenvalue weighted by Crippen LogP contribution is -2.43. The third kappa shape index (κ3) is 3.80. The predicted octanol–water partition coefficient (Wildman–Crippen LogP) is 2.03. The number of hydrogen-bond donors (Lipinski definition) is 1. The van der Waals surface area contributed by atoms with Crippen molar-refractivity contribution in [2.75, 3.05) is 25.0 Å². The van der Waals surface area contributed by atoms with Crippen molar-refractivity contribution in [2.24, 2.45) is 11.7 Å². The first-order valence-electron chi connectivity index (χ1n) is 6.97. The van der Waals surface area contributed by atoms with Crippen molar-refractivity contribution in [3.8, 4) is 0 Å². The molecule has 1 fully saturated rings. The molecule has 2 N–H and O–H groups in total. The maximum atomic E-state index is 12.4. The van der Waals surface area contributed by atoms with Crippen LogP contribution < -0.4 is 10.6 Å². The van der Waals surface area contributed by atoms with Gasteiger partial charge in [0, 0.05) is 37.1 Å². The Balaban J connectivity index is 0.00000242. The summed E-state index contributed by atoms with van der Waals surface area (Å²) in [5.41, 5.74) is 6.41. The molecule has 0 bridgehead atoms. The minimum absolute atomic E-state index is 0. The van der Waals surface area contributed by atoms with Crippen LogP contribution in [0.15, 0.2) is 28.7 Å². The van der Waals surface area contributed by atoms with E-state index in [1.54, 1.807) is 16.8 Å². The van der Waals surface area contributed by atoms with Gasteiger partial charge in [0.1, 0.15) is 0 Å². The van der Waals surface area contributed by atoms with Crippen molar-refractivity contribution in [2.45, 2.75) is 19.4 Å². The molecule has 1 aromatic carbocycles. The molecule has 122 valence electrons. The molecule has 2 rings (SSSR count). The Morgan fingerprint density at radius 3 is 2.73 bits per heavy atom. The topological polar surface area (TPSA) is 66.6 Å². The standard InChI is InChI=1S/C15H20BrN3O2.ClH/c1-10(8-17)18(2)15(21)11-7-14(20)19(9-11)13-6-4-3-5-12(13)16;/h3-6,10-11H,7-9,17H2,1-2H3;1H. The van der Waals surface area contributed by atoms with Crippen LogP contribution in [0.1, 0.15) is 13.3 Å². The average Bonchev–Trinajstić information content (AvgIpc) is 2.87. The quantitative estimate of drug-likeness (QED) is 0.855. The highest BCUT2D eigenvalue weighted by molar-refractivity contribution is 9.10. The molecule has 2 atom stereocenters. The molecule has 0 radical (unpaired) electrons. The first-order chi connectivity index (χ1) is 9.95. The molecular formula is C15H21BrClN3O2. The zero-order valence-electron chi connectivity index (χ0n) is 12.7. The lowest BCUT2D eigenvalue weighted by Gasteiger charge is -2.26. The van der Waals surface area contributed by atoms with Gasteiger partial charge in [-0.25, -0.2) is 0 Å². The van der Waals surface area contributed by atoms with E-state index in [4.69, 9.17) is 5.73 Å². The first-order valence-corrected chi connectivity index (χ1v) is 7.76. The second kappa shape index (κ2) is 7.94. The van der Waals surface area contributed by atoms with Crippen LogP contribution in [0.3, 0.4) is 0 Å². The minimum Gasteiger partial charge on any atom is -0.341 e. The number of carbonyl (C=O) groups excluding carboxylic acids is 2. The van der Waals surface area contributed by atoms with Gasteiger partial charge in [-0.1, -0.05) is 12.1 Å². The van der Waals surface area contributed by atoms with E-state index in [-0.39, 0.29) is 42.6 Å². The average molecular weight is 391 g/mol. The van der Waals surface area contributed by atoms with Crippen LogP contribution in [0, 0.1) is 5.92 Å². The van der Waals surface area contributed by atoms with E-state index >= 15 is 0 Å². The lowest BCUT2D eigenvalue weighted by atomic mass is 10.1. The summed E-state index contributed by atoms with van der Waals surface area (Å²) < 4.78 is 0.857. The monoisotopic (exact) mass is 389 g/mol. The molecule has 0 spiro atoms. The van der Waals surface area contributed by atoms with Gasteiger partial charge in [-0.3, -0.25) is 9.59 Å². The number of nitrogens with two attached hydrogens (primary N) is 1. The zero-order chi connectivity index (χ0) is 15.6. The molecule has 7 heteroatoms. The van der Waals surface area contributed by atoms with E-state index in [1.807, 2.05) is 31.2 Å². The summed E-state index contributed by atoms with van der Waals surface area (Å²) in [4.78, 5) is 28.0. The van der Waals surface area contributed by atoms with Gasteiger partial charge in [0.05, 0.1) is 11.6 Å². The smallest absolute Gasteiger partial charge is 0.228 e. The number of halogens is 2. The predicted molar refractivity (Wildman–Crippen MR) is 93.1 cm³/mol. The summed E-state index contributed by atoms with van der Waals surface area (Å²) in [7, 11) is 1.74. The second-order valence-electron chi connectivity index (χ2n) is 5.39. The van der Waals surface area contributed by atoms with E-state index in [1.165, 1.54) is 0 Å². The Morgan fingerprint density at radius 2 is 2.14 bits per heavy atom. The molecule has 0 aliphatic carbocycles. The summed E-state index contributed by atoms with van der Waals surface area (Å²) >= 11 is 3.45. The van der Waals surface area contributed by atoms with Gasteiger partial charge < -0.3 is 15.5 Å². The Bertz CT molecular complexity index is 555. The van der Waals surface area contributed by atoms with Crippen LogP contribution in [0.25, 0.3) is 0 Å². The van der Waals surface area contributed by atoms with Crippen LogP contribution in [0.5, 0.6) is 0 Å². The van der Waals surface area contributed by atoms with Crippen molar-refractivity contribution >= 4 is 45.8 Å². The van der Waals surface area contributed by atoms with Gasteiger partial charge in [0.2, 0.25) is 11.8 Å². The minimum atomic E-state index is -0.302. The molecule has 1 saturated heterocycles.